The van der Waals surface area contributed by atoms with Crippen molar-refractivity contribution in [3.05, 3.63) is 29.2 Å². The molecule has 0 aromatic carbocycles. The Hall–Kier alpha value is -1.38. The van der Waals surface area contributed by atoms with E-state index in [1.54, 1.807) is 0 Å². The third-order valence-corrected chi connectivity index (χ3v) is 3.71. The molecule has 3 rings (SSSR count). The van der Waals surface area contributed by atoms with E-state index in [9.17, 15) is 0 Å². The van der Waals surface area contributed by atoms with Crippen LogP contribution in [0.2, 0.25) is 0 Å². The van der Waals surface area contributed by atoms with Crippen molar-refractivity contribution in [3.8, 4) is 0 Å². The van der Waals surface area contributed by atoms with Crippen LogP contribution in [0.4, 0.5) is 0 Å². The van der Waals surface area contributed by atoms with Gasteiger partial charge in [0.1, 0.15) is 6.33 Å². The minimum atomic E-state index is 0.504. The first-order chi connectivity index (χ1) is 7.68. The molecule has 0 N–H and O–H groups in total. The monoisotopic (exact) mass is 215 g/mol. The maximum absolute atomic E-state index is 4.26. The summed E-state index contributed by atoms with van der Waals surface area (Å²) in [6.45, 7) is 6.75. The molecule has 0 bridgehead atoms. The molecule has 0 radical (unpaired) electrons. The van der Waals surface area contributed by atoms with Gasteiger partial charge in [0.15, 0.2) is 5.65 Å². The fourth-order valence-corrected chi connectivity index (χ4v) is 2.71. The molecule has 0 aliphatic heterocycles. The van der Waals surface area contributed by atoms with Crippen LogP contribution in [0.25, 0.3) is 5.65 Å². The van der Waals surface area contributed by atoms with Crippen molar-refractivity contribution in [3.63, 3.8) is 0 Å². The molecule has 1 aliphatic carbocycles. The van der Waals surface area contributed by atoms with Gasteiger partial charge in [0.2, 0.25) is 0 Å². The van der Waals surface area contributed by atoms with Crippen molar-refractivity contribution >= 4 is 5.65 Å². The second-order valence-electron chi connectivity index (χ2n) is 5.12. The molecule has 0 spiro atoms. The second kappa shape index (κ2) is 3.30. The van der Waals surface area contributed by atoms with Crippen LogP contribution < -0.4 is 0 Å². The standard InChI is InChI=1S/C13H17N3/c1-8(2)10-6-11-9(3)4-5-12(11)16-7-14-15-13(10)16/h6-9H,4-5H2,1-3H3. The predicted molar refractivity (Wildman–Crippen MR) is 63.8 cm³/mol. The molecule has 2 heterocycles. The first kappa shape index (κ1) is 9.82. The summed E-state index contributed by atoms with van der Waals surface area (Å²) in [5.41, 5.74) is 5.28. The highest BCUT2D eigenvalue weighted by molar-refractivity contribution is 5.53. The second-order valence-corrected chi connectivity index (χ2v) is 5.12. The number of nitrogens with zero attached hydrogens (tertiary/aromatic N) is 3. The van der Waals surface area contributed by atoms with Gasteiger partial charge in [-0.1, -0.05) is 20.8 Å². The third-order valence-electron chi connectivity index (χ3n) is 3.71. The number of hydrogen-bond acceptors (Lipinski definition) is 2. The lowest BCUT2D eigenvalue weighted by Crippen LogP contribution is -2.02. The molecule has 0 amide bonds. The van der Waals surface area contributed by atoms with E-state index in [1.165, 1.54) is 23.2 Å². The van der Waals surface area contributed by atoms with Gasteiger partial charge in [-0.25, -0.2) is 0 Å². The number of rotatable bonds is 1. The van der Waals surface area contributed by atoms with Crippen LogP contribution >= 0.6 is 0 Å². The topological polar surface area (TPSA) is 30.2 Å². The maximum Gasteiger partial charge on any atom is 0.164 e. The van der Waals surface area contributed by atoms with Crippen LogP contribution in [0.3, 0.4) is 0 Å². The fourth-order valence-electron chi connectivity index (χ4n) is 2.71. The summed E-state index contributed by atoms with van der Waals surface area (Å²) in [5, 5.41) is 8.32. The summed E-state index contributed by atoms with van der Waals surface area (Å²) in [6.07, 6.45) is 4.27. The van der Waals surface area contributed by atoms with Crippen LogP contribution in [0.15, 0.2) is 12.4 Å². The van der Waals surface area contributed by atoms with E-state index in [0.717, 1.165) is 12.1 Å². The Balaban J connectivity index is 2.36. The van der Waals surface area contributed by atoms with Crippen LogP contribution in [0.5, 0.6) is 0 Å². The Morgan fingerprint density at radius 3 is 3.00 bits per heavy atom. The lowest BCUT2D eigenvalue weighted by Gasteiger charge is -2.12. The molecule has 16 heavy (non-hydrogen) atoms. The quantitative estimate of drug-likeness (QED) is 0.732. The predicted octanol–water partition coefficient (Wildman–Crippen LogP) is 2.90. The fraction of sp³-hybridized carbons (Fsp3) is 0.538. The van der Waals surface area contributed by atoms with Crippen molar-refractivity contribution in [1.82, 2.24) is 14.6 Å². The summed E-state index contributed by atoms with van der Waals surface area (Å²) in [4.78, 5) is 0. The third kappa shape index (κ3) is 1.20. The number of hydrogen-bond donors (Lipinski definition) is 0. The van der Waals surface area contributed by atoms with Gasteiger partial charge in [-0.3, -0.25) is 4.40 Å². The lowest BCUT2D eigenvalue weighted by atomic mass is 9.98. The smallest absolute Gasteiger partial charge is 0.164 e. The van der Waals surface area contributed by atoms with E-state index in [-0.39, 0.29) is 0 Å². The Bertz CT molecular complexity index is 539. The number of pyridine rings is 1. The summed E-state index contributed by atoms with van der Waals surface area (Å²) in [7, 11) is 0. The molecule has 0 saturated heterocycles. The largest absolute Gasteiger partial charge is 0.285 e. The molecule has 0 saturated carbocycles. The average Bonchev–Trinajstić information content (AvgIpc) is 2.83. The van der Waals surface area contributed by atoms with Crippen LogP contribution in [-0.4, -0.2) is 14.6 Å². The minimum Gasteiger partial charge on any atom is -0.285 e. The van der Waals surface area contributed by atoms with Crippen molar-refractivity contribution in [2.24, 2.45) is 0 Å². The molecule has 0 fully saturated rings. The van der Waals surface area contributed by atoms with Gasteiger partial charge in [-0.15, -0.1) is 10.2 Å². The van der Waals surface area contributed by atoms with Crippen molar-refractivity contribution in [1.29, 1.82) is 0 Å². The maximum atomic E-state index is 4.26. The Morgan fingerprint density at radius 1 is 1.44 bits per heavy atom. The number of aryl methyl sites for hydroxylation is 1. The summed E-state index contributed by atoms with van der Waals surface area (Å²) >= 11 is 0. The van der Waals surface area contributed by atoms with Crippen LogP contribution in [-0.2, 0) is 6.42 Å². The van der Waals surface area contributed by atoms with Gasteiger partial charge in [-0.2, -0.15) is 0 Å². The van der Waals surface area contributed by atoms with Gasteiger partial charge >= 0.3 is 0 Å². The molecular formula is C13H17N3. The minimum absolute atomic E-state index is 0.504. The Kier molecular flexibility index (Phi) is 2.03. The number of aromatic nitrogens is 3. The van der Waals surface area contributed by atoms with Crippen molar-refractivity contribution in [2.75, 3.05) is 0 Å². The summed E-state index contributed by atoms with van der Waals surface area (Å²) < 4.78 is 2.19. The molecule has 2 aromatic rings. The van der Waals surface area contributed by atoms with E-state index in [2.05, 4.69) is 41.4 Å². The molecule has 1 unspecified atom stereocenters. The lowest BCUT2D eigenvalue weighted by molar-refractivity contribution is 0.743. The molecule has 1 atom stereocenters. The van der Waals surface area contributed by atoms with E-state index < -0.39 is 0 Å². The van der Waals surface area contributed by atoms with Crippen LogP contribution in [0.1, 0.15) is 55.8 Å². The highest BCUT2D eigenvalue weighted by Gasteiger charge is 2.24. The summed E-state index contributed by atoms with van der Waals surface area (Å²) in [5.74, 6) is 1.18. The molecule has 3 nitrogen and oxygen atoms in total. The SMILES string of the molecule is CC(C)c1cc2c(n3cnnc13)CCC2C. The van der Waals surface area contributed by atoms with E-state index in [4.69, 9.17) is 0 Å². The zero-order valence-corrected chi connectivity index (χ0v) is 10.1. The van der Waals surface area contributed by atoms with Crippen molar-refractivity contribution in [2.45, 2.75) is 45.4 Å². The van der Waals surface area contributed by atoms with Gasteiger partial charge < -0.3 is 0 Å². The first-order valence-electron chi connectivity index (χ1n) is 6.04. The van der Waals surface area contributed by atoms with Gasteiger partial charge in [0.05, 0.1) is 0 Å². The first-order valence-corrected chi connectivity index (χ1v) is 6.04. The zero-order chi connectivity index (χ0) is 11.3. The van der Waals surface area contributed by atoms with Crippen LogP contribution in [0, 0.1) is 0 Å². The molecule has 84 valence electrons. The molecule has 1 aliphatic rings. The van der Waals surface area contributed by atoms with Gasteiger partial charge in [0, 0.05) is 11.3 Å². The van der Waals surface area contributed by atoms with Crippen molar-refractivity contribution < 1.29 is 0 Å². The highest BCUT2D eigenvalue weighted by atomic mass is 15.2. The molecule has 2 aromatic heterocycles. The van der Waals surface area contributed by atoms with Gasteiger partial charge in [0.25, 0.3) is 0 Å². The normalized spacial score (nSPS) is 19.6. The van der Waals surface area contributed by atoms with E-state index >= 15 is 0 Å². The number of fused-ring (bicyclic) bond motifs is 3. The highest BCUT2D eigenvalue weighted by Crippen LogP contribution is 2.35. The van der Waals surface area contributed by atoms with Gasteiger partial charge in [-0.05, 0) is 36.3 Å². The average molecular weight is 215 g/mol. The van der Waals surface area contributed by atoms with E-state index in [0.29, 0.717) is 11.8 Å². The van der Waals surface area contributed by atoms with E-state index in [1.807, 2.05) is 6.33 Å². The zero-order valence-electron chi connectivity index (χ0n) is 10.1. The Labute approximate surface area is 95.5 Å². The summed E-state index contributed by atoms with van der Waals surface area (Å²) in [6, 6.07) is 2.35. The molecule has 3 heteroatoms. The Morgan fingerprint density at radius 2 is 2.25 bits per heavy atom. The molecular weight excluding hydrogens is 198 g/mol.